The fourth-order valence-electron chi connectivity index (χ4n) is 2.69. The number of ether oxygens (including phenoxy) is 2. The van der Waals surface area contributed by atoms with Crippen molar-refractivity contribution < 1.29 is 19.5 Å². The summed E-state index contributed by atoms with van der Waals surface area (Å²) in [7, 11) is 1.63. The maximum Gasteiger partial charge on any atom is 0.267 e. The van der Waals surface area contributed by atoms with E-state index in [1.165, 1.54) is 11.6 Å². The molecule has 5 nitrogen and oxygen atoms in total. The zero-order valence-electron chi connectivity index (χ0n) is 16.8. The molecule has 2 aromatic carbocycles. The number of rotatable bonds is 8. The van der Waals surface area contributed by atoms with Gasteiger partial charge < -0.3 is 9.47 Å². The number of nitrogens with one attached hydrogen (secondary N) is 1. The number of benzene rings is 2. The van der Waals surface area contributed by atoms with Gasteiger partial charge in [-0.05, 0) is 56.5 Å². The minimum Gasteiger partial charge on any atom is -0.497 e. The zero-order valence-corrected chi connectivity index (χ0v) is 16.8. The van der Waals surface area contributed by atoms with Crippen LogP contribution in [0.2, 0.25) is 0 Å². The Kier molecular flexibility index (Phi) is 7.84. The Morgan fingerprint density at radius 3 is 2.46 bits per heavy atom. The SMILES string of the molecule is COc1ccc(COc2c(/C=C\C(=O)NO)ccc(C)c2CC=C(C)C)cc1. The summed E-state index contributed by atoms with van der Waals surface area (Å²) in [5.74, 6) is 0.935. The topological polar surface area (TPSA) is 67.8 Å². The summed E-state index contributed by atoms with van der Waals surface area (Å²) >= 11 is 0. The molecule has 5 heteroatoms. The average Bonchev–Trinajstić information content (AvgIpc) is 2.70. The van der Waals surface area contributed by atoms with Crippen molar-refractivity contribution in [3.8, 4) is 11.5 Å². The molecule has 148 valence electrons. The summed E-state index contributed by atoms with van der Waals surface area (Å²) in [5.41, 5.74) is 6.80. The molecular formula is C23H27NO4. The van der Waals surface area contributed by atoms with Crippen molar-refractivity contribution >= 4 is 12.0 Å². The molecule has 2 rings (SSSR count). The van der Waals surface area contributed by atoms with Crippen LogP contribution in [0.25, 0.3) is 6.08 Å². The highest BCUT2D eigenvalue weighted by atomic mass is 16.5. The minimum absolute atomic E-state index is 0.391. The maximum absolute atomic E-state index is 11.4. The van der Waals surface area contributed by atoms with Crippen molar-refractivity contribution in [2.75, 3.05) is 7.11 Å². The summed E-state index contributed by atoms with van der Waals surface area (Å²) in [4.78, 5) is 11.4. The highest BCUT2D eigenvalue weighted by Gasteiger charge is 2.12. The molecule has 0 atom stereocenters. The van der Waals surface area contributed by atoms with E-state index in [9.17, 15) is 4.79 Å². The van der Waals surface area contributed by atoms with E-state index in [2.05, 4.69) is 19.9 Å². The van der Waals surface area contributed by atoms with Crippen LogP contribution in [0.15, 0.2) is 54.1 Å². The number of hydrogen-bond donors (Lipinski definition) is 2. The molecule has 2 aromatic rings. The lowest BCUT2D eigenvalue weighted by Crippen LogP contribution is -2.14. The Bertz CT molecular complexity index is 863. The quantitative estimate of drug-likeness (QED) is 0.303. The maximum atomic E-state index is 11.4. The van der Waals surface area contributed by atoms with Gasteiger partial charge in [0.2, 0.25) is 0 Å². The standard InChI is InChI=1S/C23H27NO4/c1-16(2)5-13-21-17(3)6-9-19(10-14-22(25)24-26)23(21)28-15-18-7-11-20(27-4)12-8-18/h5-12,14,26H,13,15H2,1-4H3,(H,24,25)/b14-10-. The third-order valence-electron chi connectivity index (χ3n) is 4.31. The van der Waals surface area contributed by atoms with Crippen LogP contribution in [0.1, 0.15) is 36.1 Å². The molecular weight excluding hydrogens is 354 g/mol. The molecule has 0 radical (unpaired) electrons. The number of carbonyl (C=O) groups is 1. The molecule has 1 amide bonds. The van der Waals surface area contributed by atoms with Crippen molar-refractivity contribution in [1.82, 2.24) is 5.48 Å². The Morgan fingerprint density at radius 1 is 1.14 bits per heavy atom. The van der Waals surface area contributed by atoms with Gasteiger partial charge in [-0.1, -0.05) is 35.9 Å². The van der Waals surface area contributed by atoms with Gasteiger partial charge in [0.05, 0.1) is 7.11 Å². The first-order valence-corrected chi connectivity index (χ1v) is 9.08. The normalized spacial score (nSPS) is 10.6. The van der Waals surface area contributed by atoms with Gasteiger partial charge in [-0.15, -0.1) is 0 Å². The molecule has 0 aromatic heterocycles. The Labute approximate surface area is 166 Å². The number of hydrogen-bond acceptors (Lipinski definition) is 4. The van der Waals surface area contributed by atoms with Crippen LogP contribution in [-0.4, -0.2) is 18.2 Å². The van der Waals surface area contributed by atoms with Crippen LogP contribution < -0.4 is 15.0 Å². The van der Waals surface area contributed by atoms with E-state index in [0.717, 1.165) is 40.2 Å². The van der Waals surface area contributed by atoms with E-state index in [1.54, 1.807) is 18.7 Å². The van der Waals surface area contributed by atoms with Crippen molar-refractivity contribution in [3.63, 3.8) is 0 Å². The fourth-order valence-corrected chi connectivity index (χ4v) is 2.69. The van der Waals surface area contributed by atoms with Gasteiger partial charge in [-0.3, -0.25) is 10.0 Å². The molecule has 0 saturated heterocycles. The highest BCUT2D eigenvalue weighted by molar-refractivity contribution is 5.91. The van der Waals surface area contributed by atoms with Crippen molar-refractivity contribution in [2.45, 2.75) is 33.8 Å². The third kappa shape index (κ3) is 5.99. The predicted octanol–water partition coefficient (Wildman–Crippen LogP) is 4.61. The summed E-state index contributed by atoms with van der Waals surface area (Å²) in [5, 5.41) is 8.72. The van der Waals surface area contributed by atoms with E-state index in [1.807, 2.05) is 43.3 Å². The first-order chi connectivity index (χ1) is 13.4. The van der Waals surface area contributed by atoms with Crippen LogP contribution in [-0.2, 0) is 17.8 Å². The second-order valence-corrected chi connectivity index (χ2v) is 6.71. The van der Waals surface area contributed by atoms with Gasteiger partial charge in [-0.25, -0.2) is 5.48 Å². The van der Waals surface area contributed by atoms with E-state index in [-0.39, 0.29) is 0 Å². The van der Waals surface area contributed by atoms with Gasteiger partial charge in [0, 0.05) is 17.2 Å². The van der Waals surface area contributed by atoms with Crippen molar-refractivity contribution in [1.29, 1.82) is 0 Å². The lowest BCUT2D eigenvalue weighted by molar-refractivity contribution is -0.124. The van der Waals surface area contributed by atoms with E-state index < -0.39 is 5.91 Å². The van der Waals surface area contributed by atoms with E-state index >= 15 is 0 Å². The summed E-state index contributed by atoms with van der Waals surface area (Å²) < 4.78 is 11.4. The van der Waals surface area contributed by atoms with Gasteiger partial charge in [0.1, 0.15) is 18.1 Å². The molecule has 0 spiro atoms. The summed E-state index contributed by atoms with van der Waals surface area (Å²) in [6, 6.07) is 11.6. The molecule has 0 heterocycles. The fraction of sp³-hybridized carbons (Fsp3) is 0.261. The van der Waals surface area contributed by atoms with Gasteiger partial charge in [-0.2, -0.15) is 0 Å². The van der Waals surface area contributed by atoms with Crippen LogP contribution in [0, 0.1) is 6.92 Å². The van der Waals surface area contributed by atoms with Crippen LogP contribution >= 0.6 is 0 Å². The molecule has 0 bridgehead atoms. The van der Waals surface area contributed by atoms with Gasteiger partial charge in [0.15, 0.2) is 0 Å². The molecule has 0 fully saturated rings. The predicted molar refractivity (Wildman–Crippen MR) is 111 cm³/mol. The van der Waals surface area contributed by atoms with Crippen molar-refractivity contribution in [2.24, 2.45) is 0 Å². The number of allylic oxidation sites excluding steroid dienone is 2. The lowest BCUT2D eigenvalue weighted by Gasteiger charge is -2.16. The molecule has 28 heavy (non-hydrogen) atoms. The largest absolute Gasteiger partial charge is 0.497 e. The van der Waals surface area contributed by atoms with Gasteiger partial charge in [0.25, 0.3) is 5.91 Å². The Hall–Kier alpha value is -3.05. The van der Waals surface area contributed by atoms with Crippen LogP contribution in [0.4, 0.5) is 0 Å². The van der Waals surface area contributed by atoms with Crippen molar-refractivity contribution in [3.05, 3.63) is 76.4 Å². The lowest BCUT2D eigenvalue weighted by atomic mass is 9.99. The Morgan fingerprint density at radius 2 is 1.86 bits per heavy atom. The molecule has 0 unspecified atom stereocenters. The van der Waals surface area contributed by atoms with Gasteiger partial charge >= 0.3 is 0 Å². The van der Waals surface area contributed by atoms with Crippen LogP contribution in [0.5, 0.6) is 11.5 Å². The summed E-state index contributed by atoms with van der Waals surface area (Å²) in [6.45, 7) is 6.55. The number of amides is 1. The number of carbonyl (C=O) groups excluding carboxylic acids is 1. The number of aryl methyl sites for hydroxylation is 1. The molecule has 2 N–H and O–H groups in total. The molecule has 0 aliphatic rings. The monoisotopic (exact) mass is 381 g/mol. The molecule has 0 saturated carbocycles. The van der Waals surface area contributed by atoms with E-state index in [0.29, 0.717) is 6.61 Å². The zero-order chi connectivity index (χ0) is 20.5. The average molecular weight is 381 g/mol. The Balaban J connectivity index is 2.36. The molecule has 0 aliphatic carbocycles. The first kappa shape index (κ1) is 21.3. The first-order valence-electron chi connectivity index (χ1n) is 9.08. The van der Waals surface area contributed by atoms with E-state index in [4.69, 9.17) is 14.7 Å². The number of hydroxylamine groups is 1. The highest BCUT2D eigenvalue weighted by Crippen LogP contribution is 2.30. The second-order valence-electron chi connectivity index (χ2n) is 6.71. The minimum atomic E-state index is -0.590. The van der Waals surface area contributed by atoms with Crippen LogP contribution in [0.3, 0.4) is 0 Å². The second kappa shape index (κ2) is 10.3. The summed E-state index contributed by atoms with van der Waals surface area (Å²) in [6.07, 6.45) is 5.80. The number of methoxy groups -OCH3 is 1. The smallest absolute Gasteiger partial charge is 0.267 e. The molecule has 0 aliphatic heterocycles. The third-order valence-corrected chi connectivity index (χ3v) is 4.31.